The summed E-state index contributed by atoms with van der Waals surface area (Å²) >= 11 is 0. The van der Waals surface area contributed by atoms with Gasteiger partial charge in [0.1, 0.15) is 0 Å². The third-order valence-electron chi connectivity index (χ3n) is 3.01. The van der Waals surface area contributed by atoms with Crippen molar-refractivity contribution in [2.45, 2.75) is 20.4 Å². The molecule has 0 atom stereocenters. The van der Waals surface area contributed by atoms with Crippen LogP contribution in [-0.2, 0) is 6.54 Å². The number of aryl methyl sites for hydroxylation is 1. The normalized spacial score (nSPS) is 18.5. The van der Waals surface area contributed by atoms with E-state index in [2.05, 4.69) is 28.5 Å². The summed E-state index contributed by atoms with van der Waals surface area (Å²) in [6.07, 6.45) is 0. The number of aromatic nitrogens is 1. The van der Waals surface area contributed by atoms with E-state index in [0.29, 0.717) is 0 Å². The Morgan fingerprint density at radius 1 is 1.35 bits per heavy atom. The van der Waals surface area contributed by atoms with Crippen molar-refractivity contribution in [3.05, 3.63) is 29.7 Å². The van der Waals surface area contributed by atoms with E-state index in [9.17, 15) is 0 Å². The fraction of sp³-hybridized carbons (Fsp3) is 0.615. The van der Waals surface area contributed by atoms with Gasteiger partial charge in [-0.2, -0.15) is 0 Å². The largest absolute Gasteiger partial charge is 0.360 e. The lowest BCUT2D eigenvalue weighted by atomic mass is 10.2. The Balaban J connectivity index is 1.77. The monoisotopic (exact) mass is 235 g/mol. The number of hydrogen-bond acceptors (Lipinski definition) is 4. The molecule has 0 radical (unpaired) electrons. The van der Waals surface area contributed by atoms with Gasteiger partial charge in [-0.05, 0) is 13.8 Å². The van der Waals surface area contributed by atoms with Gasteiger partial charge in [0.2, 0.25) is 0 Å². The molecule has 1 aliphatic rings. The zero-order chi connectivity index (χ0) is 12.3. The molecule has 1 aromatic heterocycles. The Bertz CT molecular complexity index is 378. The molecule has 0 amide bonds. The van der Waals surface area contributed by atoms with Gasteiger partial charge in [-0.25, -0.2) is 0 Å². The summed E-state index contributed by atoms with van der Waals surface area (Å²) in [4.78, 5) is 4.86. The summed E-state index contributed by atoms with van der Waals surface area (Å²) < 4.78 is 5.24. The molecule has 0 unspecified atom stereocenters. The molecule has 0 N–H and O–H groups in total. The van der Waals surface area contributed by atoms with Gasteiger partial charge in [0.25, 0.3) is 0 Å². The summed E-state index contributed by atoms with van der Waals surface area (Å²) in [5.74, 6) is 0.968. The molecule has 1 aromatic rings. The molecule has 0 bridgehead atoms. The summed E-state index contributed by atoms with van der Waals surface area (Å²) in [6.45, 7) is 14.3. The van der Waals surface area contributed by atoms with E-state index in [1.165, 1.54) is 5.57 Å². The molecule has 1 aliphatic heterocycles. The first kappa shape index (κ1) is 12.3. The first-order chi connectivity index (χ1) is 8.13. The second-order valence-electron chi connectivity index (χ2n) is 4.94. The molecule has 2 heterocycles. The van der Waals surface area contributed by atoms with Crippen molar-refractivity contribution in [1.82, 2.24) is 15.0 Å². The average molecular weight is 235 g/mol. The topological polar surface area (TPSA) is 32.5 Å². The smallest absolute Gasteiger partial charge is 0.150 e. The minimum atomic E-state index is 0.877. The van der Waals surface area contributed by atoms with E-state index in [0.717, 1.165) is 50.7 Å². The maximum atomic E-state index is 5.24. The first-order valence-electron chi connectivity index (χ1n) is 6.15. The highest BCUT2D eigenvalue weighted by atomic mass is 16.5. The van der Waals surface area contributed by atoms with Crippen LogP contribution < -0.4 is 0 Å². The van der Waals surface area contributed by atoms with E-state index in [4.69, 9.17) is 4.52 Å². The zero-order valence-corrected chi connectivity index (χ0v) is 10.8. The van der Waals surface area contributed by atoms with Gasteiger partial charge in [-0.3, -0.25) is 9.80 Å². The highest BCUT2D eigenvalue weighted by Gasteiger charge is 2.17. The van der Waals surface area contributed by atoms with E-state index in [1.54, 1.807) is 0 Å². The Labute approximate surface area is 103 Å². The molecule has 4 nitrogen and oxygen atoms in total. The summed E-state index contributed by atoms with van der Waals surface area (Å²) in [5, 5.41) is 3.91. The third kappa shape index (κ3) is 3.68. The van der Waals surface area contributed by atoms with Gasteiger partial charge in [0.15, 0.2) is 5.76 Å². The lowest BCUT2D eigenvalue weighted by molar-refractivity contribution is 0.125. The van der Waals surface area contributed by atoms with Crippen molar-refractivity contribution in [2.24, 2.45) is 0 Å². The highest BCUT2D eigenvalue weighted by Crippen LogP contribution is 2.10. The van der Waals surface area contributed by atoms with Crippen LogP contribution in [0.25, 0.3) is 0 Å². The quantitative estimate of drug-likeness (QED) is 0.743. The number of hydrogen-bond donors (Lipinski definition) is 0. The molecule has 2 rings (SSSR count). The molecule has 17 heavy (non-hydrogen) atoms. The van der Waals surface area contributed by atoms with Crippen molar-refractivity contribution < 1.29 is 4.52 Å². The lowest BCUT2D eigenvalue weighted by Gasteiger charge is -2.34. The van der Waals surface area contributed by atoms with Crippen LogP contribution in [0.4, 0.5) is 0 Å². The SMILES string of the molecule is C=C(C)CN1CCN(Cc2cc(C)no2)CC1. The minimum Gasteiger partial charge on any atom is -0.360 e. The van der Waals surface area contributed by atoms with Crippen LogP contribution >= 0.6 is 0 Å². The van der Waals surface area contributed by atoms with Crippen molar-refractivity contribution in [1.29, 1.82) is 0 Å². The Morgan fingerprint density at radius 2 is 2.00 bits per heavy atom. The summed E-state index contributed by atoms with van der Waals surface area (Å²) in [6, 6.07) is 2.01. The molecular formula is C13H21N3O. The molecule has 0 aromatic carbocycles. The Kier molecular flexibility index (Phi) is 3.97. The molecule has 0 spiro atoms. The van der Waals surface area contributed by atoms with Crippen LogP contribution in [-0.4, -0.2) is 47.7 Å². The van der Waals surface area contributed by atoms with Gasteiger partial charge >= 0.3 is 0 Å². The van der Waals surface area contributed by atoms with Crippen LogP contribution in [0.2, 0.25) is 0 Å². The van der Waals surface area contributed by atoms with E-state index in [1.807, 2.05) is 13.0 Å². The predicted octanol–water partition coefficient (Wildman–Crippen LogP) is 1.68. The number of rotatable bonds is 4. The van der Waals surface area contributed by atoms with Gasteiger partial charge in [-0.1, -0.05) is 17.3 Å². The van der Waals surface area contributed by atoms with Crippen LogP contribution in [0.1, 0.15) is 18.4 Å². The Morgan fingerprint density at radius 3 is 2.53 bits per heavy atom. The third-order valence-corrected chi connectivity index (χ3v) is 3.01. The summed E-state index contributed by atoms with van der Waals surface area (Å²) in [5.41, 5.74) is 2.20. The van der Waals surface area contributed by atoms with E-state index < -0.39 is 0 Å². The van der Waals surface area contributed by atoms with Crippen molar-refractivity contribution in [3.63, 3.8) is 0 Å². The van der Waals surface area contributed by atoms with Gasteiger partial charge in [-0.15, -0.1) is 0 Å². The maximum Gasteiger partial charge on any atom is 0.150 e. The highest BCUT2D eigenvalue weighted by molar-refractivity contribution is 5.03. The number of nitrogens with zero attached hydrogens (tertiary/aromatic N) is 3. The molecule has 94 valence electrons. The second-order valence-corrected chi connectivity index (χ2v) is 4.94. The molecule has 1 saturated heterocycles. The van der Waals surface area contributed by atoms with E-state index >= 15 is 0 Å². The molecule has 4 heteroatoms. The van der Waals surface area contributed by atoms with Crippen LogP contribution in [0, 0.1) is 6.92 Å². The van der Waals surface area contributed by atoms with Crippen molar-refractivity contribution >= 4 is 0 Å². The van der Waals surface area contributed by atoms with Crippen LogP contribution in [0.15, 0.2) is 22.7 Å². The van der Waals surface area contributed by atoms with Gasteiger partial charge in [0.05, 0.1) is 12.2 Å². The van der Waals surface area contributed by atoms with Crippen molar-refractivity contribution in [2.75, 3.05) is 32.7 Å². The van der Waals surface area contributed by atoms with Crippen molar-refractivity contribution in [3.8, 4) is 0 Å². The van der Waals surface area contributed by atoms with Crippen LogP contribution in [0.3, 0.4) is 0 Å². The molecular weight excluding hydrogens is 214 g/mol. The lowest BCUT2D eigenvalue weighted by Crippen LogP contribution is -2.46. The average Bonchev–Trinajstić information content (AvgIpc) is 2.66. The maximum absolute atomic E-state index is 5.24. The molecule has 0 saturated carbocycles. The predicted molar refractivity (Wildman–Crippen MR) is 67.8 cm³/mol. The fourth-order valence-corrected chi connectivity index (χ4v) is 2.20. The Hall–Kier alpha value is -1.13. The number of piperazine rings is 1. The van der Waals surface area contributed by atoms with E-state index in [-0.39, 0.29) is 0 Å². The zero-order valence-electron chi connectivity index (χ0n) is 10.8. The van der Waals surface area contributed by atoms with Crippen LogP contribution in [0.5, 0.6) is 0 Å². The standard InChI is InChI=1S/C13H21N3O/c1-11(2)9-15-4-6-16(7-5-15)10-13-8-12(3)14-17-13/h8H,1,4-7,9-10H2,2-3H3. The fourth-order valence-electron chi connectivity index (χ4n) is 2.20. The first-order valence-corrected chi connectivity index (χ1v) is 6.15. The van der Waals surface area contributed by atoms with Gasteiger partial charge in [0, 0.05) is 38.8 Å². The van der Waals surface area contributed by atoms with Gasteiger partial charge < -0.3 is 4.52 Å². The summed E-state index contributed by atoms with van der Waals surface area (Å²) in [7, 11) is 0. The minimum absolute atomic E-state index is 0.877. The molecule has 0 aliphatic carbocycles. The molecule has 1 fully saturated rings. The second kappa shape index (κ2) is 5.47.